The van der Waals surface area contributed by atoms with Crippen molar-refractivity contribution >= 4 is 11.8 Å². The van der Waals surface area contributed by atoms with Gasteiger partial charge in [0.25, 0.3) is 0 Å². The molecule has 0 aliphatic rings. The maximum absolute atomic E-state index is 9.24. The SMILES string of the molecule is CSc1cnc(CC[C@@H](O)CN)nc1. The van der Waals surface area contributed by atoms with Gasteiger partial charge in [-0.15, -0.1) is 11.8 Å². The van der Waals surface area contributed by atoms with Crippen molar-refractivity contribution in [2.45, 2.75) is 23.8 Å². The predicted octanol–water partition coefficient (Wildman–Crippen LogP) is 0.451. The molecule has 0 amide bonds. The van der Waals surface area contributed by atoms with Crippen molar-refractivity contribution in [2.24, 2.45) is 5.73 Å². The van der Waals surface area contributed by atoms with Gasteiger partial charge < -0.3 is 10.8 Å². The Bertz CT molecular complexity index is 265. The number of rotatable bonds is 5. The van der Waals surface area contributed by atoms with Crippen molar-refractivity contribution in [3.05, 3.63) is 18.2 Å². The molecule has 0 bridgehead atoms. The number of thioether (sulfide) groups is 1. The van der Waals surface area contributed by atoms with E-state index in [0.29, 0.717) is 19.4 Å². The number of aromatic nitrogens is 2. The van der Waals surface area contributed by atoms with Gasteiger partial charge in [-0.25, -0.2) is 9.97 Å². The van der Waals surface area contributed by atoms with Gasteiger partial charge in [0.05, 0.1) is 6.10 Å². The molecule has 4 nitrogen and oxygen atoms in total. The van der Waals surface area contributed by atoms with Crippen molar-refractivity contribution in [1.29, 1.82) is 0 Å². The molecule has 1 rings (SSSR count). The molecule has 0 aliphatic heterocycles. The quantitative estimate of drug-likeness (QED) is 0.695. The van der Waals surface area contributed by atoms with Crippen molar-refractivity contribution in [1.82, 2.24) is 9.97 Å². The van der Waals surface area contributed by atoms with Crippen LogP contribution in [0.1, 0.15) is 12.2 Å². The minimum atomic E-state index is -0.446. The molecule has 0 aliphatic carbocycles. The smallest absolute Gasteiger partial charge is 0.128 e. The van der Waals surface area contributed by atoms with E-state index in [4.69, 9.17) is 5.73 Å². The van der Waals surface area contributed by atoms with E-state index < -0.39 is 6.10 Å². The fraction of sp³-hybridized carbons (Fsp3) is 0.556. The standard InChI is InChI=1S/C9H15N3OS/c1-14-8-5-11-9(12-6-8)3-2-7(13)4-10/h5-7,13H,2-4,10H2,1H3/t7-/m1/s1. The van der Waals surface area contributed by atoms with Crippen molar-refractivity contribution in [3.8, 4) is 0 Å². The third-order valence-electron chi connectivity index (χ3n) is 1.89. The average molecular weight is 213 g/mol. The van der Waals surface area contributed by atoms with E-state index in [1.54, 1.807) is 24.2 Å². The van der Waals surface area contributed by atoms with Gasteiger partial charge in [0, 0.05) is 30.3 Å². The number of aryl methyl sites for hydroxylation is 1. The lowest BCUT2D eigenvalue weighted by molar-refractivity contribution is 0.172. The van der Waals surface area contributed by atoms with Crippen LogP contribution in [0, 0.1) is 0 Å². The van der Waals surface area contributed by atoms with Crippen LogP contribution < -0.4 is 5.73 Å². The molecule has 1 heterocycles. The summed E-state index contributed by atoms with van der Waals surface area (Å²) < 4.78 is 0. The molecule has 5 heteroatoms. The Morgan fingerprint density at radius 3 is 2.64 bits per heavy atom. The Morgan fingerprint density at radius 1 is 1.50 bits per heavy atom. The Balaban J connectivity index is 2.43. The lowest BCUT2D eigenvalue weighted by atomic mass is 10.2. The lowest BCUT2D eigenvalue weighted by Crippen LogP contribution is -2.20. The Hall–Kier alpha value is -0.650. The average Bonchev–Trinajstić information content (AvgIpc) is 2.26. The topological polar surface area (TPSA) is 72.0 Å². The van der Waals surface area contributed by atoms with Crippen LogP contribution in [0.4, 0.5) is 0 Å². The summed E-state index contributed by atoms with van der Waals surface area (Å²) >= 11 is 1.61. The van der Waals surface area contributed by atoms with Crippen molar-refractivity contribution in [3.63, 3.8) is 0 Å². The van der Waals surface area contributed by atoms with Crippen LogP contribution in [-0.4, -0.2) is 34.0 Å². The van der Waals surface area contributed by atoms with E-state index in [-0.39, 0.29) is 0 Å². The molecule has 14 heavy (non-hydrogen) atoms. The van der Waals surface area contributed by atoms with E-state index in [1.165, 1.54) is 0 Å². The van der Waals surface area contributed by atoms with Crippen LogP contribution in [0.15, 0.2) is 17.3 Å². The van der Waals surface area contributed by atoms with E-state index in [9.17, 15) is 5.11 Å². The minimum Gasteiger partial charge on any atom is -0.392 e. The van der Waals surface area contributed by atoms with Crippen LogP contribution in [0.25, 0.3) is 0 Å². The highest BCUT2D eigenvalue weighted by Crippen LogP contribution is 2.11. The van der Waals surface area contributed by atoms with Gasteiger partial charge in [0.15, 0.2) is 0 Å². The van der Waals surface area contributed by atoms with Gasteiger partial charge in [-0.05, 0) is 12.7 Å². The Kier molecular flexibility index (Phi) is 4.86. The summed E-state index contributed by atoms with van der Waals surface area (Å²) in [4.78, 5) is 9.39. The van der Waals surface area contributed by atoms with Gasteiger partial charge in [0.1, 0.15) is 5.82 Å². The molecule has 0 saturated heterocycles. The molecule has 78 valence electrons. The zero-order valence-corrected chi connectivity index (χ0v) is 9.00. The second-order valence-electron chi connectivity index (χ2n) is 2.97. The fourth-order valence-corrected chi connectivity index (χ4v) is 1.31. The van der Waals surface area contributed by atoms with Crippen LogP contribution in [0.2, 0.25) is 0 Å². The first-order chi connectivity index (χ1) is 6.76. The van der Waals surface area contributed by atoms with Gasteiger partial charge in [0.2, 0.25) is 0 Å². The summed E-state index contributed by atoms with van der Waals surface area (Å²) in [7, 11) is 0. The molecule has 0 radical (unpaired) electrons. The summed E-state index contributed by atoms with van der Waals surface area (Å²) in [6, 6.07) is 0. The minimum absolute atomic E-state index is 0.295. The third kappa shape index (κ3) is 3.61. The molecule has 0 fully saturated rings. The fourth-order valence-electron chi connectivity index (χ4n) is 0.991. The molecule has 3 N–H and O–H groups in total. The highest BCUT2D eigenvalue weighted by Gasteiger charge is 2.03. The molecule has 1 atom stereocenters. The summed E-state index contributed by atoms with van der Waals surface area (Å²) in [5.74, 6) is 0.760. The molecular weight excluding hydrogens is 198 g/mol. The monoisotopic (exact) mass is 213 g/mol. The zero-order valence-electron chi connectivity index (χ0n) is 8.18. The maximum atomic E-state index is 9.24. The number of nitrogens with two attached hydrogens (primary N) is 1. The number of aliphatic hydroxyl groups excluding tert-OH is 1. The molecule has 0 aromatic carbocycles. The first-order valence-electron chi connectivity index (χ1n) is 4.49. The van der Waals surface area contributed by atoms with Crippen LogP contribution >= 0.6 is 11.8 Å². The van der Waals surface area contributed by atoms with Crippen LogP contribution in [0.3, 0.4) is 0 Å². The predicted molar refractivity (Wildman–Crippen MR) is 57.2 cm³/mol. The van der Waals surface area contributed by atoms with E-state index in [0.717, 1.165) is 10.7 Å². The van der Waals surface area contributed by atoms with Gasteiger partial charge in [-0.3, -0.25) is 0 Å². The normalized spacial score (nSPS) is 12.8. The highest BCUT2D eigenvalue weighted by atomic mass is 32.2. The largest absolute Gasteiger partial charge is 0.392 e. The highest BCUT2D eigenvalue weighted by molar-refractivity contribution is 7.98. The Labute approximate surface area is 88.0 Å². The van der Waals surface area contributed by atoms with E-state index in [1.807, 2.05) is 6.26 Å². The lowest BCUT2D eigenvalue weighted by Gasteiger charge is -2.05. The molecular formula is C9H15N3OS. The molecule has 1 aromatic heterocycles. The zero-order chi connectivity index (χ0) is 10.4. The van der Waals surface area contributed by atoms with Gasteiger partial charge in [-0.1, -0.05) is 0 Å². The number of aliphatic hydroxyl groups is 1. The summed E-state index contributed by atoms with van der Waals surface area (Å²) in [6.45, 7) is 0.295. The Morgan fingerprint density at radius 2 is 2.14 bits per heavy atom. The first-order valence-corrected chi connectivity index (χ1v) is 5.71. The first kappa shape index (κ1) is 11.4. The summed E-state index contributed by atoms with van der Waals surface area (Å²) in [5, 5.41) is 9.24. The number of hydrogen-bond donors (Lipinski definition) is 2. The van der Waals surface area contributed by atoms with E-state index >= 15 is 0 Å². The number of nitrogens with zero attached hydrogens (tertiary/aromatic N) is 2. The molecule has 1 aromatic rings. The third-order valence-corrected chi connectivity index (χ3v) is 2.57. The summed E-state index contributed by atoms with van der Waals surface area (Å²) in [5.41, 5.74) is 5.29. The van der Waals surface area contributed by atoms with Crippen LogP contribution in [-0.2, 0) is 6.42 Å². The van der Waals surface area contributed by atoms with Crippen LogP contribution in [0.5, 0.6) is 0 Å². The second kappa shape index (κ2) is 5.95. The maximum Gasteiger partial charge on any atom is 0.128 e. The molecule has 0 saturated carbocycles. The molecule has 0 spiro atoms. The van der Waals surface area contributed by atoms with Gasteiger partial charge in [-0.2, -0.15) is 0 Å². The van der Waals surface area contributed by atoms with Gasteiger partial charge >= 0.3 is 0 Å². The summed E-state index contributed by atoms with van der Waals surface area (Å²) in [6.07, 6.45) is 6.42. The second-order valence-corrected chi connectivity index (χ2v) is 3.85. The van der Waals surface area contributed by atoms with Crippen molar-refractivity contribution < 1.29 is 5.11 Å². The molecule has 0 unspecified atom stereocenters. The van der Waals surface area contributed by atoms with Crippen molar-refractivity contribution in [2.75, 3.05) is 12.8 Å². The van der Waals surface area contributed by atoms with E-state index in [2.05, 4.69) is 9.97 Å². The number of hydrogen-bond acceptors (Lipinski definition) is 5.